The Balaban J connectivity index is 2.43. The van der Waals surface area contributed by atoms with E-state index in [0.29, 0.717) is 49.9 Å². The van der Waals surface area contributed by atoms with E-state index in [4.69, 9.17) is 0 Å². The van der Waals surface area contributed by atoms with Crippen LogP contribution in [0.4, 0.5) is 5.82 Å². The molecule has 2 rings (SSSR count). The number of piperidine rings is 1. The highest BCUT2D eigenvalue weighted by atomic mass is 32.2. The molecule has 1 unspecified atom stereocenters. The van der Waals surface area contributed by atoms with Gasteiger partial charge in [-0.3, -0.25) is 4.79 Å². The van der Waals surface area contributed by atoms with E-state index >= 15 is 0 Å². The number of aromatic nitrogens is 2. The summed E-state index contributed by atoms with van der Waals surface area (Å²) in [5.41, 5.74) is 0.679. The van der Waals surface area contributed by atoms with Crippen molar-refractivity contribution in [2.24, 2.45) is 0 Å². The van der Waals surface area contributed by atoms with Crippen LogP contribution in [0, 0.1) is 0 Å². The highest BCUT2D eigenvalue weighted by molar-refractivity contribution is 7.86. The third-order valence-electron chi connectivity index (χ3n) is 5.07. The molecule has 0 spiro atoms. The van der Waals surface area contributed by atoms with Crippen LogP contribution in [-0.4, -0.2) is 71.5 Å². The van der Waals surface area contributed by atoms with Crippen LogP contribution in [0.15, 0.2) is 6.07 Å². The van der Waals surface area contributed by atoms with Crippen molar-refractivity contribution in [3.63, 3.8) is 0 Å². The predicted octanol–water partition coefficient (Wildman–Crippen LogP) is 1.61. The van der Waals surface area contributed by atoms with Crippen molar-refractivity contribution in [2.75, 3.05) is 39.0 Å². The zero-order chi connectivity index (χ0) is 20.9. The van der Waals surface area contributed by atoms with Gasteiger partial charge < -0.3 is 10.2 Å². The van der Waals surface area contributed by atoms with Gasteiger partial charge >= 0.3 is 0 Å². The molecule has 0 aliphatic carbocycles. The van der Waals surface area contributed by atoms with Gasteiger partial charge in [0, 0.05) is 46.7 Å². The molecule has 1 amide bonds. The van der Waals surface area contributed by atoms with E-state index in [0.717, 1.165) is 12.8 Å². The molecule has 1 aromatic rings. The minimum Gasteiger partial charge on any atom is -0.373 e. The van der Waals surface area contributed by atoms with Gasteiger partial charge in [-0.25, -0.2) is 9.97 Å². The van der Waals surface area contributed by atoms with Crippen LogP contribution in [0.25, 0.3) is 0 Å². The SMILES string of the molecule is CCN(CC)S(=O)(=O)N1CCCCC1c1nc(CN(C)C(C)=O)cc(NC)n1. The third-order valence-corrected chi connectivity index (χ3v) is 7.27. The number of anilines is 1. The molecule has 10 heteroatoms. The van der Waals surface area contributed by atoms with Crippen molar-refractivity contribution >= 4 is 21.9 Å². The molecule has 1 aliphatic rings. The van der Waals surface area contributed by atoms with Crippen molar-refractivity contribution in [1.82, 2.24) is 23.5 Å². The molecule has 2 heterocycles. The van der Waals surface area contributed by atoms with Crippen LogP contribution < -0.4 is 5.32 Å². The molecule has 158 valence electrons. The number of amides is 1. The third kappa shape index (κ3) is 4.98. The Labute approximate surface area is 168 Å². The van der Waals surface area contributed by atoms with Gasteiger partial charge in [-0.15, -0.1) is 0 Å². The molecular weight excluding hydrogens is 380 g/mol. The molecule has 0 radical (unpaired) electrons. The molecule has 28 heavy (non-hydrogen) atoms. The predicted molar refractivity (Wildman–Crippen MR) is 109 cm³/mol. The van der Waals surface area contributed by atoms with E-state index in [1.807, 2.05) is 13.8 Å². The average Bonchev–Trinajstić information content (AvgIpc) is 2.68. The number of hydrogen-bond donors (Lipinski definition) is 1. The summed E-state index contributed by atoms with van der Waals surface area (Å²) in [7, 11) is -0.120. The van der Waals surface area contributed by atoms with Gasteiger partial charge in [-0.05, 0) is 12.8 Å². The summed E-state index contributed by atoms with van der Waals surface area (Å²) < 4.78 is 29.3. The maximum Gasteiger partial charge on any atom is 0.282 e. The lowest BCUT2D eigenvalue weighted by Gasteiger charge is -2.36. The molecule has 0 saturated carbocycles. The molecule has 1 aromatic heterocycles. The largest absolute Gasteiger partial charge is 0.373 e. The molecule has 1 saturated heterocycles. The van der Waals surface area contributed by atoms with E-state index in [-0.39, 0.29) is 5.91 Å². The van der Waals surface area contributed by atoms with Crippen LogP contribution in [0.5, 0.6) is 0 Å². The molecule has 1 N–H and O–H groups in total. The second-order valence-corrected chi connectivity index (χ2v) is 8.82. The lowest BCUT2D eigenvalue weighted by Crippen LogP contribution is -2.47. The van der Waals surface area contributed by atoms with Gasteiger partial charge in [0.2, 0.25) is 5.91 Å². The maximum absolute atomic E-state index is 13.2. The molecule has 9 nitrogen and oxygen atoms in total. The van der Waals surface area contributed by atoms with Crippen LogP contribution in [-0.2, 0) is 21.5 Å². The van der Waals surface area contributed by atoms with Crippen molar-refractivity contribution in [2.45, 2.75) is 52.6 Å². The van der Waals surface area contributed by atoms with Gasteiger partial charge in [-0.1, -0.05) is 20.3 Å². The topological polar surface area (TPSA) is 98.7 Å². The van der Waals surface area contributed by atoms with Crippen molar-refractivity contribution in [3.05, 3.63) is 17.6 Å². The Hall–Kier alpha value is -1.78. The van der Waals surface area contributed by atoms with E-state index in [2.05, 4.69) is 15.3 Å². The first kappa shape index (κ1) is 22.5. The Morgan fingerprint density at radius 2 is 1.96 bits per heavy atom. The van der Waals surface area contributed by atoms with Crippen molar-refractivity contribution in [1.29, 1.82) is 0 Å². The number of rotatable bonds is 8. The molecule has 0 bridgehead atoms. The Kier molecular flexibility index (Phi) is 7.73. The molecular formula is C18H32N6O3S. The summed E-state index contributed by atoms with van der Waals surface area (Å²) in [6.45, 7) is 6.83. The van der Waals surface area contributed by atoms with Gasteiger partial charge in [0.25, 0.3) is 10.2 Å². The van der Waals surface area contributed by atoms with E-state index in [9.17, 15) is 13.2 Å². The molecule has 0 aromatic carbocycles. The van der Waals surface area contributed by atoms with Crippen LogP contribution in [0.1, 0.15) is 57.6 Å². The second kappa shape index (κ2) is 9.62. The maximum atomic E-state index is 13.2. The number of hydrogen-bond acceptors (Lipinski definition) is 6. The first-order chi connectivity index (χ1) is 13.2. The molecule has 1 atom stereocenters. The normalized spacial score (nSPS) is 18.3. The number of nitrogens with zero attached hydrogens (tertiary/aromatic N) is 5. The molecule has 1 aliphatic heterocycles. The average molecular weight is 413 g/mol. The van der Waals surface area contributed by atoms with Gasteiger partial charge in [-0.2, -0.15) is 17.0 Å². The van der Waals surface area contributed by atoms with Crippen molar-refractivity contribution in [3.8, 4) is 0 Å². The highest BCUT2D eigenvalue weighted by Crippen LogP contribution is 2.33. The quantitative estimate of drug-likeness (QED) is 0.696. The summed E-state index contributed by atoms with van der Waals surface area (Å²) in [5.74, 6) is 1.03. The monoisotopic (exact) mass is 412 g/mol. The summed E-state index contributed by atoms with van der Waals surface area (Å²) in [4.78, 5) is 22.3. The fourth-order valence-electron chi connectivity index (χ4n) is 3.37. The van der Waals surface area contributed by atoms with E-state index in [1.54, 1.807) is 25.1 Å². The Morgan fingerprint density at radius 3 is 2.54 bits per heavy atom. The zero-order valence-corrected chi connectivity index (χ0v) is 18.3. The highest BCUT2D eigenvalue weighted by Gasteiger charge is 2.38. The first-order valence-electron chi connectivity index (χ1n) is 9.78. The van der Waals surface area contributed by atoms with Gasteiger partial charge in [0.15, 0.2) is 0 Å². The first-order valence-corrected chi connectivity index (χ1v) is 11.2. The lowest BCUT2D eigenvalue weighted by molar-refractivity contribution is -0.128. The number of nitrogens with one attached hydrogen (secondary N) is 1. The van der Waals surface area contributed by atoms with Gasteiger partial charge in [0.05, 0.1) is 18.3 Å². The summed E-state index contributed by atoms with van der Waals surface area (Å²) in [6, 6.07) is 1.38. The van der Waals surface area contributed by atoms with Crippen molar-refractivity contribution < 1.29 is 13.2 Å². The van der Waals surface area contributed by atoms with Crippen LogP contribution in [0.3, 0.4) is 0 Å². The number of carbonyl (C=O) groups excluding carboxylic acids is 1. The summed E-state index contributed by atoms with van der Waals surface area (Å²) in [6.07, 6.45) is 2.42. The van der Waals surface area contributed by atoms with E-state index in [1.165, 1.54) is 15.5 Å². The number of carbonyl (C=O) groups is 1. The second-order valence-electron chi connectivity index (χ2n) is 6.94. The summed E-state index contributed by atoms with van der Waals surface area (Å²) >= 11 is 0. The molecule has 1 fully saturated rings. The fourth-order valence-corrected chi connectivity index (χ4v) is 5.20. The fraction of sp³-hybridized carbons (Fsp3) is 0.722. The zero-order valence-electron chi connectivity index (χ0n) is 17.5. The standard InChI is InChI=1S/C18H32N6O3S/c1-6-23(7-2)28(26,27)24-11-9-8-10-16(24)18-20-15(12-17(19-4)21-18)13-22(5)14(3)25/h12,16H,6-11,13H2,1-5H3,(H,19,20,21). The van der Waals surface area contributed by atoms with Gasteiger partial charge in [0.1, 0.15) is 11.6 Å². The minimum atomic E-state index is -3.59. The summed E-state index contributed by atoms with van der Waals surface area (Å²) in [5, 5.41) is 3.02. The Bertz CT molecular complexity index is 782. The minimum absolute atomic E-state index is 0.0606. The van der Waals surface area contributed by atoms with E-state index < -0.39 is 16.3 Å². The lowest BCUT2D eigenvalue weighted by atomic mass is 10.0. The van der Waals surface area contributed by atoms with Crippen LogP contribution in [0.2, 0.25) is 0 Å². The Morgan fingerprint density at radius 1 is 1.29 bits per heavy atom. The smallest absolute Gasteiger partial charge is 0.282 e. The van der Waals surface area contributed by atoms with Crippen LogP contribution >= 0.6 is 0 Å².